The molecular weight excluding hydrogens is 502 g/mol. The van der Waals surface area contributed by atoms with E-state index in [1.54, 1.807) is 21.7 Å². The van der Waals surface area contributed by atoms with Gasteiger partial charge in [0.05, 0.1) is 33.0 Å². The molecule has 39 heavy (non-hydrogen) atoms. The third kappa shape index (κ3) is 6.42. The summed E-state index contributed by atoms with van der Waals surface area (Å²) < 4.78 is 24.1. The standard InChI is InChI=1S/C28H37N5O6/c1-28(2,3)29-27(35)25(18-14-22(36-4)26(38-6)23(15-18)37-5)32(16-19-10-9-13-39-19)24(34)17-33-21-12-8-7-11-20(21)30-31-33/h7-8,11-12,14-15,19,25H,9-10,13,16-17H2,1-6H3,(H,29,35)/t19-,25+/m0/s1. The highest BCUT2D eigenvalue weighted by Crippen LogP contribution is 2.41. The molecule has 210 valence electrons. The second kappa shape index (κ2) is 11.9. The van der Waals surface area contributed by atoms with Crippen molar-refractivity contribution in [3.05, 3.63) is 42.0 Å². The molecule has 0 saturated carbocycles. The van der Waals surface area contributed by atoms with Crippen LogP contribution >= 0.6 is 0 Å². The van der Waals surface area contributed by atoms with Crippen LogP contribution in [-0.2, 0) is 20.9 Å². The first-order valence-electron chi connectivity index (χ1n) is 13.0. The van der Waals surface area contributed by atoms with Crippen LogP contribution in [0.15, 0.2) is 36.4 Å². The molecule has 0 bridgehead atoms. The van der Waals surface area contributed by atoms with E-state index in [1.165, 1.54) is 21.3 Å². The number of carbonyl (C=O) groups excluding carboxylic acids is 2. The molecule has 2 heterocycles. The lowest BCUT2D eigenvalue weighted by Gasteiger charge is -2.35. The molecule has 2 amide bonds. The molecule has 4 rings (SSSR count). The number of carbonyl (C=O) groups is 2. The highest BCUT2D eigenvalue weighted by atomic mass is 16.5. The number of hydrogen-bond acceptors (Lipinski definition) is 8. The van der Waals surface area contributed by atoms with Gasteiger partial charge in [-0.3, -0.25) is 9.59 Å². The highest BCUT2D eigenvalue weighted by Gasteiger charge is 2.37. The first-order valence-corrected chi connectivity index (χ1v) is 13.0. The number of benzene rings is 2. The summed E-state index contributed by atoms with van der Waals surface area (Å²) in [5.74, 6) is 0.514. The number of nitrogens with zero attached hydrogens (tertiary/aromatic N) is 4. The number of methoxy groups -OCH3 is 3. The predicted molar refractivity (Wildman–Crippen MR) is 145 cm³/mol. The monoisotopic (exact) mass is 539 g/mol. The molecule has 1 N–H and O–H groups in total. The number of rotatable bonds is 10. The SMILES string of the molecule is COc1cc([C@H](C(=O)NC(C)(C)C)N(C[C@@H]2CCCO2)C(=O)Cn2nnc3ccccc32)cc(OC)c1OC. The summed E-state index contributed by atoms with van der Waals surface area (Å²) in [7, 11) is 4.53. The Morgan fingerprint density at radius 3 is 2.41 bits per heavy atom. The van der Waals surface area contributed by atoms with Crippen molar-refractivity contribution in [2.24, 2.45) is 0 Å². The third-order valence-corrected chi connectivity index (χ3v) is 6.51. The molecule has 3 aromatic rings. The molecule has 0 unspecified atom stereocenters. The minimum atomic E-state index is -1.01. The zero-order valence-electron chi connectivity index (χ0n) is 23.4. The van der Waals surface area contributed by atoms with Gasteiger partial charge in [-0.15, -0.1) is 5.10 Å². The number of hydrogen-bond donors (Lipinski definition) is 1. The van der Waals surface area contributed by atoms with E-state index < -0.39 is 11.6 Å². The molecule has 0 radical (unpaired) electrons. The number of para-hydroxylation sites is 1. The van der Waals surface area contributed by atoms with Crippen molar-refractivity contribution in [2.75, 3.05) is 34.5 Å². The summed E-state index contributed by atoms with van der Waals surface area (Å²) in [4.78, 5) is 29.6. The van der Waals surface area contributed by atoms with Gasteiger partial charge in [0.1, 0.15) is 18.1 Å². The van der Waals surface area contributed by atoms with Gasteiger partial charge < -0.3 is 29.2 Å². The van der Waals surface area contributed by atoms with Gasteiger partial charge in [0.15, 0.2) is 11.5 Å². The quantitative estimate of drug-likeness (QED) is 0.418. The van der Waals surface area contributed by atoms with E-state index in [0.29, 0.717) is 34.9 Å². The normalized spacial score (nSPS) is 16.1. The number of aromatic nitrogens is 3. The van der Waals surface area contributed by atoms with Gasteiger partial charge in [0, 0.05) is 18.7 Å². The topological polar surface area (TPSA) is 117 Å². The summed E-state index contributed by atoms with van der Waals surface area (Å²) in [6, 6.07) is 9.82. The fourth-order valence-corrected chi connectivity index (χ4v) is 4.78. The van der Waals surface area contributed by atoms with Crippen molar-refractivity contribution in [3.8, 4) is 17.2 Å². The van der Waals surface area contributed by atoms with Gasteiger partial charge in [-0.2, -0.15) is 0 Å². The predicted octanol–water partition coefficient (Wildman–Crippen LogP) is 3.12. The summed E-state index contributed by atoms with van der Waals surface area (Å²) in [5.41, 5.74) is 1.38. The second-order valence-electron chi connectivity index (χ2n) is 10.5. The first-order chi connectivity index (χ1) is 18.6. The van der Waals surface area contributed by atoms with Gasteiger partial charge in [-0.25, -0.2) is 4.68 Å². The Morgan fingerprint density at radius 1 is 1.13 bits per heavy atom. The van der Waals surface area contributed by atoms with Crippen LogP contribution in [0.25, 0.3) is 11.0 Å². The molecule has 1 aliphatic rings. The maximum absolute atomic E-state index is 14.1. The Bertz CT molecular complexity index is 1290. The maximum atomic E-state index is 14.1. The summed E-state index contributed by atoms with van der Waals surface area (Å²) in [6.07, 6.45) is 1.48. The summed E-state index contributed by atoms with van der Waals surface area (Å²) in [5, 5.41) is 11.4. The van der Waals surface area contributed by atoms with Crippen LogP contribution in [0.5, 0.6) is 17.2 Å². The molecule has 1 fully saturated rings. The van der Waals surface area contributed by atoms with Crippen LogP contribution in [0.2, 0.25) is 0 Å². The van der Waals surface area contributed by atoms with E-state index >= 15 is 0 Å². The Balaban J connectivity index is 1.81. The molecule has 0 spiro atoms. The van der Waals surface area contributed by atoms with Crippen molar-refractivity contribution < 1.29 is 28.5 Å². The molecule has 1 aromatic heterocycles. The highest BCUT2D eigenvalue weighted by molar-refractivity contribution is 5.90. The van der Waals surface area contributed by atoms with Gasteiger partial charge in [0.2, 0.25) is 17.6 Å². The lowest BCUT2D eigenvalue weighted by atomic mass is 9.99. The van der Waals surface area contributed by atoms with Gasteiger partial charge in [0.25, 0.3) is 0 Å². The number of nitrogens with one attached hydrogen (secondary N) is 1. The fourth-order valence-electron chi connectivity index (χ4n) is 4.78. The Labute approximate surface area is 228 Å². The molecule has 2 aromatic carbocycles. The van der Waals surface area contributed by atoms with E-state index in [-0.39, 0.29) is 31.0 Å². The lowest BCUT2D eigenvalue weighted by molar-refractivity contribution is -0.143. The van der Waals surface area contributed by atoms with Crippen molar-refractivity contribution in [2.45, 2.75) is 57.8 Å². The van der Waals surface area contributed by atoms with E-state index in [4.69, 9.17) is 18.9 Å². The average Bonchev–Trinajstić information content (AvgIpc) is 3.56. The van der Waals surface area contributed by atoms with Crippen LogP contribution in [0.3, 0.4) is 0 Å². The first kappa shape index (κ1) is 28.2. The molecule has 11 nitrogen and oxygen atoms in total. The van der Waals surface area contributed by atoms with Crippen molar-refractivity contribution in [1.29, 1.82) is 0 Å². The molecule has 2 atom stereocenters. The molecular formula is C28H37N5O6. The Morgan fingerprint density at radius 2 is 1.82 bits per heavy atom. The van der Waals surface area contributed by atoms with E-state index in [9.17, 15) is 9.59 Å². The molecule has 1 aliphatic heterocycles. The van der Waals surface area contributed by atoms with Crippen LogP contribution < -0.4 is 19.5 Å². The van der Waals surface area contributed by atoms with E-state index in [0.717, 1.165) is 18.4 Å². The van der Waals surface area contributed by atoms with E-state index in [1.807, 2.05) is 45.0 Å². The van der Waals surface area contributed by atoms with Gasteiger partial charge >= 0.3 is 0 Å². The molecule has 11 heteroatoms. The molecule has 1 saturated heterocycles. The summed E-state index contributed by atoms with van der Waals surface area (Å²) in [6.45, 7) is 6.42. The van der Waals surface area contributed by atoms with Gasteiger partial charge in [-0.1, -0.05) is 17.3 Å². The zero-order chi connectivity index (χ0) is 28.2. The lowest BCUT2D eigenvalue weighted by Crippen LogP contribution is -2.51. The Kier molecular flexibility index (Phi) is 8.59. The van der Waals surface area contributed by atoms with Gasteiger partial charge in [-0.05, 0) is 63.4 Å². The second-order valence-corrected chi connectivity index (χ2v) is 10.5. The third-order valence-electron chi connectivity index (χ3n) is 6.51. The van der Waals surface area contributed by atoms with Crippen LogP contribution in [0, 0.1) is 0 Å². The van der Waals surface area contributed by atoms with Crippen LogP contribution in [0.4, 0.5) is 0 Å². The van der Waals surface area contributed by atoms with Crippen molar-refractivity contribution in [3.63, 3.8) is 0 Å². The minimum absolute atomic E-state index is 0.100. The van der Waals surface area contributed by atoms with Crippen LogP contribution in [0.1, 0.15) is 45.2 Å². The largest absolute Gasteiger partial charge is 0.493 e. The van der Waals surface area contributed by atoms with Crippen molar-refractivity contribution in [1.82, 2.24) is 25.2 Å². The average molecular weight is 540 g/mol. The molecule has 0 aliphatic carbocycles. The summed E-state index contributed by atoms with van der Waals surface area (Å²) >= 11 is 0. The minimum Gasteiger partial charge on any atom is -0.493 e. The smallest absolute Gasteiger partial charge is 0.247 e. The number of ether oxygens (including phenoxy) is 4. The zero-order valence-corrected chi connectivity index (χ0v) is 23.4. The maximum Gasteiger partial charge on any atom is 0.247 e. The van der Waals surface area contributed by atoms with Crippen molar-refractivity contribution >= 4 is 22.8 Å². The van der Waals surface area contributed by atoms with E-state index in [2.05, 4.69) is 15.6 Å². The Hall–Kier alpha value is -3.86. The fraction of sp³-hybridized carbons (Fsp3) is 0.500. The van der Waals surface area contributed by atoms with Crippen LogP contribution in [-0.4, -0.2) is 77.8 Å². The number of amides is 2. The number of fused-ring (bicyclic) bond motifs is 1.